The Labute approximate surface area is 168 Å². The minimum atomic E-state index is 0.0260. The van der Waals surface area contributed by atoms with Crippen LogP contribution in [0.2, 0.25) is 0 Å². The molecular weight excluding hydrogens is 368 g/mol. The zero-order valence-corrected chi connectivity index (χ0v) is 16.5. The summed E-state index contributed by atoms with van der Waals surface area (Å²) in [6.07, 6.45) is 12.9. The molecule has 0 radical (unpaired) electrons. The van der Waals surface area contributed by atoms with Gasteiger partial charge in [-0.1, -0.05) is 6.58 Å². The zero-order valence-electron chi connectivity index (χ0n) is 16.5. The molecule has 3 aromatic heterocycles. The first-order valence-electron chi connectivity index (χ1n) is 9.97. The summed E-state index contributed by atoms with van der Waals surface area (Å²) < 4.78 is 9.95. The van der Waals surface area contributed by atoms with Gasteiger partial charge in [-0.2, -0.15) is 10.2 Å². The second-order valence-electron chi connectivity index (χ2n) is 8.19. The number of aryl methyl sites for hydroxylation is 1. The number of fused-ring (bicyclic) bond motifs is 1. The van der Waals surface area contributed by atoms with Gasteiger partial charge >= 0.3 is 0 Å². The zero-order chi connectivity index (χ0) is 20.0. The van der Waals surface area contributed by atoms with Crippen molar-refractivity contribution in [3.8, 4) is 17.1 Å². The Morgan fingerprint density at radius 1 is 1.34 bits per heavy atom. The van der Waals surface area contributed by atoms with Crippen molar-refractivity contribution < 1.29 is 9.53 Å². The number of rotatable bonds is 4. The Bertz CT molecular complexity index is 1090. The quantitative estimate of drug-likeness (QED) is 0.638. The summed E-state index contributed by atoms with van der Waals surface area (Å²) in [5.74, 6) is 0.626. The number of hydrogen-bond acceptors (Lipinski definition) is 5. The second kappa shape index (κ2) is 6.72. The predicted octanol–water partition coefficient (Wildman–Crippen LogP) is 2.47. The third kappa shape index (κ3) is 3.18. The molecule has 1 aliphatic carbocycles. The van der Waals surface area contributed by atoms with E-state index in [-0.39, 0.29) is 17.4 Å². The molecule has 1 saturated carbocycles. The molecule has 1 aliphatic heterocycles. The molecule has 0 aromatic carbocycles. The molecule has 1 saturated heterocycles. The van der Waals surface area contributed by atoms with Crippen LogP contribution in [0.3, 0.4) is 0 Å². The van der Waals surface area contributed by atoms with Gasteiger partial charge in [0.2, 0.25) is 11.8 Å². The average molecular weight is 392 g/mol. The highest BCUT2D eigenvalue weighted by Crippen LogP contribution is 2.46. The minimum absolute atomic E-state index is 0.0260. The van der Waals surface area contributed by atoms with Crippen molar-refractivity contribution in [3.05, 3.63) is 43.5 Å². The molecular formula is C21H24N6O2. The van der Waals surface area contributed by atoms with E-state index < -0.39 is 0 Å². The van der Waals surface area contributed by atoms with Crippen LogP contribution in [0.25, 0.3) is 16.8 Å². The van der Waals surface area contributed by atoms with E-state index in [1.807, 2.05) is 30.4 Å². The van der Waals surface area contributed by atoms with Crippen molar-refractivity contribution in [1.82, 2.24) is 29.3 Å². The normalized spacial score (nSPS) is 23.9. The molecule has 4 heterocycles. The number of likely N-dealkylation sites (tertiary alicyclic amines) is 1. The first-order chi connectivity index (χ1) is 14.0. The maximum absolute atomic E-state index is 12.0. The molecule has 8 nitrogen and oxygen atoms in total. The van der Waals surface area contributed by atoms with E-state index in [9.17, 15) is 4.79 Å². The van der Waals surface area contributed by atoms with Crippen LogP contribution in [-0.2, 0) is 11.8 Å². The van der Waals surface area contributed by atoms with E-state index in [4.69, 9.17) is 9.72 Å². The van der Waals surface area contributed by atoms with Gasteiger partial charge in [-0.25, -0.2) is 9.50 Å². The van der Waals surface area contributed by atoms with Crippen molar-refractivity contribution in [2.45, 2.75) is 31.8 Å². The average Bonchev–Trinajstić information content (AvgIpc) is 3.50. The van der Waals surface area contributed by atoms with Gasteiger partial charge in [-0.15, -0.1) is 0 Å². The van der Waals surface area contributed by atoms with Gasteiger partial charge in [0.1, 0.15) is 11.6 Å². The van der Waals surface area contributed by atoms with E-state index in [0.29, 0.717) is 5.88 Å². The summed E-state index contributed by atoms with van der Waals surface area (Å²) in [5, 5.41) is 8.61. The molecule has 0 bridgehead atoms. The van der Waals surface area contributed by atoms with E-state index >= 15 is 0 Å². The van der Waals surface area contributed by atoms with Crippen LogP contribution in [0.15, 0.2) is 43.5 Å². The van der Waals surface area contributed by atoms with Gasteiger partial charge < -0.3 is 9.64 Å². The summed E-state index contributed by atoms with van der Waals surface area (Å²) in [6.45, 7) is 5.21. The molecule has 29 heavy (non-hydrogen) atoms. The van der Waals surface area contributed by atoms with Crippen LogP contribution >= 0.6 is 0 Å². The van der Waals surface area contributed by atoms with Crippen molar-refractivity contribution in [2.24, 2.45) is 12.5 Å². The standard InChI is InChI=1S/C21H24N6O2/c1-3-19(28)26-9-7-21(14-26)6-4-16(10-21)29-20-18-5-8-22-27(18)13-17(24-20)15-11-23-25(2)12-15/h3,5,8,11-13,16H,1,4,6-7,9-10,14H2,2H3/t16-,21-/m1/s1. The maximum Gasteiger partial charge on any atom is 0.245 e. The molecule has 2 aliphatic rings. The van der Waals surface area contributed by atoms with Crippen molar-refractivity contribution >= 4 is 11.4 Å². The van der Waals surface area contributed by atoms with E-state index in [2.05, 4.69) is 16.8 Å². The number of amides is 1. The summed E-state index contributed by atoms with van der Waals surface area (Å²) in [4.78, 5) is 18.7. The topological polar surface area (TPSA) is 77.6 Å². The molecule has 2 atom stereocenters. The van der Waals surface area contributed by atoms with Crippen LogP contribution in [0, 0.1) is 5.41 Å². The Kier molecular flexibility index (Phi) is 4.15. The van der Waals surface area contributed by atoms with Crippen molar-refractivity contribution in [1.29, 1.82) is 0 Å². The van der Waals surface area contributed by atoms with E-state index in [1.165, 1.54) is 6.08 Å². The lowest BCUT2D eigenvalue weighted by atomic mass is 9.85. The van der Waals surface area contributed by atoms with Gasteiger partial charge in [0.15, 0.2) is 0 Å². The number of carbonyl (C=O) groups excluding carboxylic acids is 1. The lowest BCUT2D eigenvalue weighted by Gasteiger charge is -2.23. The smallest absolute Gasteiger partial charge is 0.245 e. The van der Waals surface area contributed by atoms with Crippen LogP contribution < -0.4 is 4.74 Å². The number of nitrogens with zero attached hydrogens (tertiary/aromatic N) is 6. The monoisotopic (exact) mass is 392 g/mol. The lowest BCUT2D eigenvalue weighted by molar-refractivity contribution is -0.125. The van der Waals surface area contributed by atoms with Crippen molar-refractivity contribution in [2.75, 3.05) is 13.1 Å². The molecule has 5 rings (SSSR count). The molecule has 2 fully saturated rings. The van der Waals surface area contributed by atoms with Gasteiger partial charge in [0.25, 0.3) is 0 Å². The first-order valence-corrected chi connectivity index (χ1v) is 9.97. The third-order valence-corrected chi connectivity index (χ3v) is 6.22. The molecule has 1 amide bonds. The molecule has 3 aromatic rings. The number of aromatic nitrogens is 5. The van der Waals surface area contributed by atoms with Gasteiger partial charge in [0, 0.05) is 31.9 Å². The third-order valence-electron chi connectivity index (χ3n) is 6.22. The molecule has 8 heteroatoms. The highest BCUT2D eigenvalue weighted by Gasteiger charge is 2.46. The maximum atomic E-state index is 12.0. The highest BCUT2D eigenvalue weighted by molar-refractivity contribution is 5.87. The largest absolute Gasteiger partial charge is 0.473 e. The van der Waals surface area contributed by atoms with E-state index in [0.717, 1.165) is 55.5 Å². The van der Waals surface area contributed by atoms with Crippen LogP contribution in [0.5, 0.6) is 5.88 Å². The second-order valence-corrected chi connectivity index (χ2v) is 8.19. The molecule has 150 valence electrons. The Morgan fingerprint density at radius 2 is 2.24 bits per heavy atom. The molecule has 0 N–H and O–H groups in total. The van der Waals surface area contributed by atoms with Gasteiger partial charge in [0.05, 0.1) is 24.3 Å². The Hall–Kier alpha value is -3.16. The van der Waals surface area contributed by atoms with Crippen LogP contribution in [-0.4, -0.2) is 54.4 Å². The fourth-order valence-electron chi connectivity index (χ4n) is 4.71. The minimum Gasteiger partial charge on any atom is -0.473 e. The van der Waals surface area contributed by atoms with Crippen molar-refractivity contribution in [3.63, 3.8) is 0 Å². The van der Waals surface area contributed by atoms with Gasteiger partial charge in [-0.05, 0) is 43.2 Å². The van der Waals surface area contributed by atoms with Gasteiger partial charge in [-0.3, -0.25) is 9.48 Å². The Balaban J connectivity index is 1.38. The molecule has 1 spiro atoms. The van der Waals surface area contributed by atoms with Crippen LogP contribution in [0.1, 0.15) is 25.7 Å². The summed E-state index contributed by atoms with van der Waals surface area (Å²) in [5.41, 5.74) is 2.71. The lowest BCUT2D eigenvalue weighted by Crippen LogP contribution is -2.30. The fourth-order valence-corrected chi connectivity index (χ4v) is 4.71. The van der Waals surface area contributed by atoms with Crippen LogP contribution in [0.4, 0.5) is 0 Å². The highest BCUT2D eigenvalue weighted by atomic mass is 16.5. The summed E-state index contributed by atoms with van der Waals surface area (Å²) in [7, 11) is 1.88. The predicted molar refractivity (Wildman–Crippen MR) is 107 cm³/mol. The fraction of sp³-hybridized carbons (Fsp3) is 0.429. The first kappa shape index (κ1) is 17.9. The summed E-state index contributed by atoms with van der Waals surface area (Å²) >= 11 is 0. The number of hydrogen-bond donors (Lipinski definition) is 0. The summed E-state index contributed by atoms with van der Waals surface area (Å²) in [6, 6.07) is 1.92. The Morgan fingerprint density at radius 3 is 3.03 bits per heavy atom. The van der Waals surface area contributed by atoms with E-state index in [1.54, 1.807) is 21.6 Å². The SMILES string of the molecule is C=CC(=O)N1CC[C@@]2(CC[C@@H](Oc3nc(-c4cnn(C)c4)cn4nccc34)C2)C1. The number of ether oxygens (including phenoxy) is 1. The number of carbonyl (C=O) groups is 1. The molecule has 0 unspecified atom stereocenters.